The lowest BCUT2D eigenvalue weighted by Crippen LogP contribution is -2.52. The largest absolute Gasteiger partial charge is 0.368 e. The number of hydrogen-bond donors (Lipinski definition) is 3. The van der Waals surface area contributed by atoms with Crippen molar-refractivity contribution in [3.8, 4) is 0 Å². The number of carbonyl (C=O) groups excluding carboxylic acids is 3. The second-order valence-electron chi connectivity index (χ2n) is 6.70. The SMILES string of the molecule is CC(=O)N1C[C@H](C)C[C@H]1C(=O)N[C@@H](CCc1cccc(S)c1)C(N)=O. The fourth-order valence-electron chi connectivity index (χ4n) is 3.22. The summed E-state index contributed by atoms with van der Waals surface area (Å²) in [6.45, 7) is 4.01. The molecule has 6 nitrogen and oxygen atoms in total. The Bertz CT molecular complexity index is 665. The van der Waals surface area contributed by atoms with Crippen LogP contribution in [-0.4, -0.2) is 41.2 Å². The predicted molar refractivity (Wildman–Crippen MR) is 98.1 cm³/mol. The molecule has 1 aromatic rings. The minimum atomic E-state index is -0.763. The van der Waals surface area contributed by atoms with E-state index in [1.54, 1.807) is 4.90 Å². The first-order valence-electron chi connectivity index (χ1n) is 8.42. The first kappa shape index (κ1) is 19.3. The van der Waals surface area contributed by atoms with Crippen molar-refractivity contribution in [3.05, 3.63) is 29.8 Å². The number of benzene rings is 1. The van der Waals surface area contributed by atoms with Crippen molar-refractivity contribution in [3.63, 3.8) is 0 Å². The smallest absolute Gasteiger partial charge is 0.243 e. The number of primary amides is 1. The number of carbonyl (C=O) groups is 3. The molecule has 0 radical (unpaired) electrons. The van der Waals surface area contributed by atoms with Crippen molar-refractivity contribution < 1.29 is 14.4 Å². The molecule has 25 heavy (non-hydrogen) atoms. The summed E-state index contributed by atoms with van der Waals surface area (Å²) in [5.41, 5.74) is 6.47. The van der Waals surface area contributed by atoms with Crippen LogP contribution in [0.5, 0.6) is 0 Å². The summed E-state index contributed by atoms with van der Waals surface area (Å²) in [5, 5.41) is 2.72. The molecular formula is C18H25N3O3S. The Balaban J connectivity index is 1.99. The maximum absolute atomic E-state index is 12.6. The monoisotopic (exact) mass is 363 g/mol. The number of thiol groups is 1. The van der Waals surface area contributed by atoms with Crippen LogP contribution in [0, 0.1) is 5.92 Å². The van der Waals surface area contributed by atoms with Gasteiger partial charge in [-0.1, -0.05) is 19.1 Å². The Kier molecular flexibility index (Phi) is 6.47. The minimum absolute atomic E-state index is 0.134. The molecule has 7 heteroatoms. The zero-order valence-corrected chi connectivity index (χ0v) is 15.5. The molecular weight excluding hydrogens is 338 g/mol. The Labute approximate surface area is 153 Å². The number of likely N-dealkylation sites (tertiary alicyclic amines) is 1. The third-order valence-electron chi connectivity index (χ3n) is 4.51. The van der Waals surface area contributed by atoms with Crippen LogP contribution >= 0.6 is 12.6 Å². The highest BCUT2D eigenvalue weighted by Gasteiger charge is 2.37. The van der Waals surface area contributed by atoms with Crippen molar-refractivity contribution in [1.82, 2.24) is 10.2 Å². The number of rotatable bonds is 6. The average molecular weight is 363 g/mol. The van der Waals surface area contributed by atoms with Gasteiger partial charge in [0.05, 0.1) is 0 Å². The van der Waals surface area contributed by atoms with E-state index in [0.29, 0.717) is 25.8 Å². The van der Waals surface area contributed by atoms with Crippen LogP contribution in [0.3, 0.4) is 0 Å². The lowest BCUT2D eigenvalue weighted by Gasteiger charge is -2.24. The molecule has 1 saturated heterocycles. The number of aryl methyl sites for hydroxylation is 1. The van der Waals surface area contributed by atoms with Crippen LogP contribution < -0.4 is 11.1 Å². The van der Waals surface area contributed by atoms with Gasteiger partial charge in [0.2, 0.25) is 17.7 Å². The molecule has 1 aromatic carbocycles. The lowest BCUT2D eigenvalue weighted by molar-refractivity contribution is -0.138. The van der Waals surface area contributed by atoms with Gasteiger partial charge in [-0.05, 0) is 42.9 Å². The second kappa shape index (κ2) is 8.38. The van der Waals surface area contributed by atoms with Crippen molar-refractivity contribution in [2.45, 2.75) is 50.1 Å². The van der Waals surface area contributed by atoms with Crippen LogP contribution in [0.2, 0.25) is 0 Å². The maximum Gasteiger partial charge on any atom is 0.243 e. The molecule has 3 amide bonds. The zero-order valence-electron chi connectivity index (χ0n) is 14.6. The van der Waals surface area contributed by atoms with E-state index in [9.17, 15) is 14.4 Å². The lowest BCUT2D eigenvalue weighted by atomic mass is 10.0. The van der Waals surface area contributed by atoms with E-state index < -0.39 is 18.0 Å². The van der Waals surface area contributed by atoms with E-state index in [0.717, 1.165) is 10.5 Å². The Morgan fingerprint density at radius 1 is 1.40 bits per heavy atom. The second-order valence-corrected chi connectivity index (χ2v) is 7.22. The van der Waals surface area contributed by atoms with Crippen molar-refractivity contribution >= 4 is 30.4 Å². The molecule has 0 saturated carbocycles. The summed E-state index contributed by atoms with van der Waals surface area (Å²) < 4.78 is 0. The predicted octanol–water partition coefficient (Wildman–Crippen LogP) is 1.13. The third-order valence-corrected chi connectivity index (χ3v) is 4.79. The van der Waals surface area contributed by atoms with Crippen molar-refractivity contribution in [1.29, 1.82) is 0 Å². The van der Waals surface area contributed by atoms with Crippen LogP contribution in [-0.2, 0) is 20.8 Å². The van der Waals surface area contributed by atoms with E-state index >= 15 is 0 Å². The number of amides is 3. The molecule has 136 valence electrons. The number of nitrogens with zero attached hydrogens (tertiary/aromatic N) is 1. The zero-order chi connectivity index (χ0) is 18.6. The molecule has 3 N–H and O–H groups in total. The van der Waals surface area contributed by atoms with E-state index in [1.165, 1.54) is 6.92 Å². The summed E-state index contributed by atoms with van der Waals surface area (Å²) in [6, 6.07) is 6.32. The number of nitrogens with two attached hydrogens (primary N) is 1. The molecule has 2 rings (SSSR count). The molecule has 1 heterocycles. The summed E-state index contributed by atoms with van der Waals surface area (Å²) in [4.78, 5) is 38.4. The molecule has 1 aliphatic rings. The molecule has 0 aromatic heterocycles. The van der Waals surface area contributed by atoms with Gasteiger partial charge in [-0.3, -0.25) is 14.4 Å². The first-order valence-corrected chi connectivity index (χ1v) is 8.87. The average Bonchev–Trinajstić information content (AvgIpc) is 2.93. The highest BCUT2D eigenvalue weighted by Crippen LogP contribution is 2.23. The topological polar surface area (TPSA) is 92.5 Å². The summed E-state index contributed by atoms with van der Waals surface area (Å²) in [6.07, 6.45) is 1.60. The molecule has 0 spiro atoms. The van der Waals surface area contributed by atoms with Crippen LogP contribution in [0.1, 0.15) is 32.3 Å². The highest BCUT2D eigenvalue weighted by molar-refractivity contribution is 7.80. The van der Waals surface area contributed by atoms with E-state index in [4.69, 9.17) is 5.73 Å². The summed E-state index contributed by atoms with van der Waals surface area (Å²) in [5.74, 6) is -0.766. The van der Waals surface area contributed by atoms with E-state index in [1.807, 2.05) is 31.2 Å². The van der Waals surface area contributed by atoms with Gasteiger partial charge in [0.15, 0.2) is 0 Å². The van der Waals surface area contributed by atoms with Crippen molar-refractivity contribution in [2.24, 2.45) is 11.7 Å². The third kappa shape index (κ3) is 5.22. The number of hydrogen-bond acceptors (Lipinski definition) is 4. The van der Waals surface area contributed by atoms with E-state index in [2.05, 4.69) is 17.9 Å². The quantitative estimate of drug-likeness (QED) is 0.662. The molecule has 1 fully saturated rings. The van der Waals surface area contributed by atoms with Gasteiger partial charge in [0.1, 0.15) is 12.1 Å². The Hall–Kier alpha value is -2.02. The van der Waals surface area contributed by atoms with Gasteiger partial charge in [0, 0.05) is 18.4 Å². The molecule has 0 unspecified atom stereocenters. The maximum atomic E-state index is 12.6. The van der Waals surface area contributed by atoms with Crippen LogP contribution in [0.25, 0.3) is 0 Å². The van der Waals surface area contributed by atoms with Gasteiger partial charge < -0.3 is 16.0 Å². The van der Waals surface area contributed by atoms with Crippen LogP contribution in [0.4, 0.5) is 0 Å². The van der Waals surface area contributed by atoms with Gasteiger partial charge >= 0.3 is 0 Å². The summed E-state index contributed by atoms with van der Waals surface area (Å²) >= 11 is 4.29. The van der Waals surface area contributed by atoms with Gasteiger partial charge in [-0.2, -0.15) is 0 Å². The highest BCUT2D eigenvalue weighted by atomic mass is 32.1. The number of nitrogens with one attached hydrogen (secondary N) is 1. The Morgan fingerprint density at radius 3 is 2.72 bits per heavy atom. The normalized spacial score (nSPS) is 21.0. The molecule has 3 atom stereocenters. The standard InChI is InChI=1S/C18H25N3O3S/c1-11-8-16(21(10-11)12(2)22)18(24)20-15(17(19)23)7-6-13-4-3-5-14(25)9-13/h3-5,9,11,15-16,25H,6-8,10H2,1-2H3,(H2,19,23)(H,20,24)/t11-,15+,16+/m1/s1. The molecule has 0 aliphatic carbocycles. The van der Waals surface area contributed by atoms with Crippen molar-refractivity contribution in [2.75, 3.05) is 6.54 Å². The van der Waals surface area contributed by atoms with Gasteiger partial charge in [-0.15, -0.1) is 12.6 Å². The summed E-state index contributed by atoms with van der Waals surface area (Å²) in [7, 11) is 0. The minimum Gasteiger partial charge on any atom is -0.368 e. The first-order chi connectivity index (χ1) is 11.8. The fraction of sp³-hybridized carbons (Fsp3) is 0.500. The fourth-order valence-corrected chi connectivity index (χ4v) is 3.47. The molecule has 1 aliphatic heterocycles. The Morgan fingerprint density at radius 2 is 2.12 bits per heavy atom. The molecule has 0 bridgehead atoms. The van der Waals surface area contributed by atoms with Gasteiger partial charge in [0.25, 0.3) is 0 Å². The van der Waals surface area contributed by atoms with Crippen LogP contribution in [0.15, 0.2) is 29.2 Å². The van der Waals surface area contributed by atoms with Gasteiger partial charge in [-0.25, -0.2) is 0 Å². The van der Waals surface area contributed by atoms with E-state index in [-0.39, 0.29) is 17.7 Å².